The molecule has 2 unspecified atom stereocenters. The molecule has 4 aromatic rings. The van der Waals surface area contributed by atoms with Gasteiger partial charge in [0.05, 0.1) is 14.8 Å². The van der Waals surface area contributed by atoms with Gasteiger partial charge in [0.2, 0.25) is 12.2 Å². The number of nitrogens with zero attached hydrogens (tertiary/aromatic N) is 1. The van der Waals surface area contributed by atoms with Crippen molar-refractivity contribution >= 4 is 24.7 Å². The molecule has 196 valence electrons. The van der Waals surface area contributed by atoms with Crippen molar-refractivity contribution in [2.75, 3.05) is 6.61 Å². The third kappa shape index (κ3) is 5.03. The fourth-order valence-electron chi connectivity index (χ4n) is 5.21. The molecule has 4 aromatic carbocycles. The van der Waals surface area contributed by atoms with Crippen molar-refractivity contribution < 1.29 is 23.5 Å². The second-order valence-corrected chi connectivity index (χ2v) is 11.5. The van der Waals surface area contributed by atoms with Gasteiger partial charge in [0.25, 0.3) is 0 Å². The fraction of sp³-hybridized carbons (Fsp3) is 0.219. The zero-order chi connectivity index (χ0) is 26.0. The van der Waals surface area contributed by atoms with Crippen LogP contribution in [0.4, 0.5) is 0 Å². The molecule has 0 aliphatic carbocycles. The Morgan fingerprint density at radius 1 is 0.692 bits per heavy atom. The Hall–Kier alpha value is -3.38. The summed E-state index contributed by atoms with van der Waals surface area (Å²) >= 11 is 0. The van der Waals surface area contributed by atoms with Crippen LogP contribution in [0.25, 0.3) is 0 Å². The van der Waals surface area contributed by atoms with Gasteiger partial charge >= 0.3 is 0 Å². The summed E-state index contributed by atoms with van der Waals surface area (Å²) in [5.41, 5.74) is 1.87. The maximum atomic E-state index is 7.13. The summed E-state index contributed by atoms with van der Waals surface area (Å²) in [7, 11) is -1.17. The van der Waals surface area contributed by atoms with Crippen LogP contribution in [-0.2, 0) is 23.5 Å². The van der Waals surface area contributed by atoms with Gasteiger partial charge in [0.15, 0.2) is 6.29 Å². The summed E-state index contributed by atoms with van der Waals surface area (Å²) in [6.45, 7) is 0.367. The molecule has 0 N–H and O–H groups in total. The molecule has 7 heteroatoms. The number of fused-ring (bicyclic) bond motifs is 2. The van der Waals surface area contributed by atoms with E-state index in [2.05, 4.69) is 24.3 Å². The molecule has 0 radical (unpaired) electrons. The van der Waals surface area contributed by atoms with Gasteiger partial charge in [-0.2, -0.15) is 0 Å². The normalized spacial score (nSPS) is 27.8. The van der Waals surface area contributed by atoms with Crippen molar-refractivity contribution in [3.05, 3.63) is 132 Å². The summed E-state index contributed by atoms with van der Waals surface area (Å²) in [5, 5.41) is 2.24. The molecule has 3 aliphatic rings. The van der Waals surface area contributed by atoms with Crippen LogP contribution in [0, 0.1) is 0 Å². The standard InChI is InChI=1S/C32H28NO5P/c1-5-13-22(14-6-1)30-33-27-29(38-39(24-17-9-3-10-18-24)25-19-11-4-12-20-25)28-26(35-32(27)37-30)21-34-31(36-28)23-15-7-2-8-16-23/h1-20,26-29,31-32H,21H2/t26-,27-,28-,29-,31?,32?/m1/s1. The first-order valence-electron chi connectivity index (χ1n) is 13.2. The summed E-state index contributed by atoms with van der Waals surface area (Å²) in [6.07, 6.45) is -2.28. The monoisotopic (exact) mass is 537 g/mol. The van der Waals surface area contributed by atoms with Gasteiger partial charge < -0.3 is 23.5 Å². The van der Waals surface area contributed by atoms with E-state index >= 15 is 0 Å². The van der Waals surface area contributed by atoms with Crippen LogP contribution in [0.1, 0.15) is 17.4 Å². The quantitative estimate of drug-likeness (QED) is 0.320. The zero-order valence-corrected chi connectivity index (χ0v) is 22.0. The van der Waals surface area contributed by atoms with E-state index in [1.807, 2.05) is 97.1 Å². The predicted molar refractivity (Wildman–Crippen MR) is 150 cm³/mol. The van der Waals surface area contributed by atoms with Crippen molar-refractivity contribution in [3.63, 3.8) is 0 Å². The minimum absolute atomic E-state index is 0.357. The molecule has 0 spiro atoms. The van der Waals surface area contributed by atoms with Crippen molar-refractivity contribution in [1.29, 1.82) is 0 Å². The van der Waals surface area contributed by atoms with Crippen molar-refractivity contribution in [1.82, 2.24) is 0 Å². The maximum Gasteiger partial charge on any atom is 0.227 e. The molecular formula is C32H28NO5P. The van der Waals surface area contributed by atoms with E-state index in [1.165, 1.54) is 0 Å². The van der Waals surface area contributed by atoms with Crippen molar-refractivity contribution in [2.45, 2.75) is 36.9 Å². The number of benzene rings is 4. The number of hydrogen-bond acceptors (Lipinski definition) is 6. The van der Waals surface area contributed by atoms with Crippen LogP contribution in [-0.4, -0.2) is 43.1 Å². The Morgan fingerprint density at radius 3 is 1.92 bits per heavy atom. The second-order valence-electron chi connectivity index (χ2n) is 9.66. The average Bonchev–Trinajstić information content (AvgIpc) is 3.45. The van der Waals surface area contributed by atoms with E-state index in [1.54, 1.807) is 0 Å². The van der Waals surface area contributed by atoms with Crippen LogP contribution in [0.15, 0.2) is 126 Å². The van der Waals surface area contributed by atoms with Crippen LogP contribution in [0.2, 0.25) is 0 Å². The first-order valence-corrected chi connectivity index (χ1v) is 14.4. The highest BCUT2D eigenvalue weighted by Gasteiger charge is 2.55. The zero-order valence-electron chi connectivity index (χ0n) is 21.2. The van der Waals surface area contributed by atoms with Gasteiger partial charge in [0, 0.05) is 21.7 Å². The number of ether oxygens (including phenoxy) is 4. The van der Waals surface area contributed by atoms with E-state index in [0.717, 1.165) is 21.7 Å². The third-order valence-corrected chi connectivity index (χ3v) is 9.09. The SMILES string of the molecule is c1ccc(C2=N[C@H]3C(O2)O[C@@H]2COC(c4ccccc4)O[C@H]2[C@@H]3OP(c2ccccc2)c2ccccc2)cc1. The van der Waals surface area contributed by atoms with Gasteiger partial charge in [-0.1, -0.05) is 109 Å². The average molecular weight is 538 g/mol. The molecule has 2 fully saturated rings. The molecule has 3 aliphatic heterocycles. The Labute approximate surface area is 229 Å². The molecule has 0 bridgehead atoms. The van der Waals surface area contributed by atoms with Crippen LogP contribution in [0.5, 0.6) is 0 Å². The lowest BCUT2D eigenvalue weighted by molar-refractivity contribution is -0.326. The summed E-state index contributed by atoms with van der Waals surface area (Å²) < 4.78 is 32.6. The molecule has 6 atom stereocenters. The van der Waals surface area contributed by atoms with Crippen LogP contribution < -0.4 is 10.6 Å². The van der Waals surface area contributed by atoms with E-state index in [0.29, 0.717) is 12.5 Å². The highest BCUT2D eigenvalue weighted by atomic mass is 31.1. The highest BCUT2D eigenvalue weighted by Crippen LogP contribution is 2.45. The lowest BCUT2D eigenvalue weighted by Crippen LogP contribution is -2.61. The van der Waals surface area contributed by atoms with E-state index in [-0.39, 0.29) is 6.10 Å². The Morgan fingerprint density at radius 2 is 1.28 bits per heavy atom. The summed E-state index contributed by atoms with van der Waals surface area (Å²) in [5.74, 6) is 0.558. The van der Waals surface area contributed by atoms with Crippen molar-refractivity contribution in [3.8, 4) is 0 Å². The van der Waals surface area contributed by atoms with Gasteiger partial charge in [0.1, 0.15) is 24.4 Å². The molecule has 0 aromatic heterocycles. The van der Waals surface area contributed by atoms with Crippen molar-refractivity contribution in [2.24, 2.45) is 4.99 Å². The molecule has 3 heterocycles. The molecule has 0 amide bonds. The second kappa shape index (κ2) is 11.0. The Balaban J connectivity index is 1.27. The topological polar surface area (TPSA) is 58.5 Å². The molecule has 6 nitrogen and oxygen atoms in total. The lowest BCUT2D eigenvalue weighted by atomic mass is 9.96. The molecule has 2 saturated heterocycles. The maximum absolute atomic E-state index is 7.13. The lowest BCUT2D eigenvalue weighted by Gasteiger charge is -2.46. The molecule has 39 heavy (non-hydrogen) atoms. The molecular weight excluding hydrogens is 509 g/mol. The number of hydrogen-bond donors (Lipinski definition) is 0. The van der Waals surface area contributed by atoms with Gasteiger partial charge in [-0.05, 0) is 12.1 Å². The minimum atomic E-state index is -1.17. The highest BCUT2D eigenvalue weighted by molar-refractivity contribution is 7.68. The Bertz CT molecular complexity index is 1370. The van der Waals surface area contributed by atoms with E-state index < -0.39 is 39.0 Å². The molecule has 7 rings (SSSR count). The predicted octanol–water partition coefficient (Wildman–Crippen LogP) is 5.10. The Kier molecular flexibility index (Phi) is 6.96. The summed E-state index contributed by atoms with van der Waals surface area (Å²) in [4.78, 5) is 5.02. The van der Waals surface area contributed by atoms with Gasteiger partial charge in [-0.25, -0.2) is 4.99 Å². The minimum Gasteiger partial charge on any atom is -0.445 e. The fourth-order valence-corrected chi connectivity index (χ4v) is 7.13. The van der Waals surface area contributed by atoms with Gasteiger partial charge in [-0.3, -0.25) is 0 Å². The number of aliphatic imine (C=N–C) groups is 1. The first kappa shape index (κ1) is 24.6. The van der Waals surface area contributed by atoms with Crippen LogP contribution >= 0.6 is 8.15 Å². The smallest absolute Gasteiger partial charge is 0.227 e. The largest absolute Gasteiger partial charge is 0.445 e. The van der Waals surface area contributed by atoms with E-state index in [9.17, 15) is 0 Å². The van der Waals surface area contributed by atoms with Gasteiger partial charge in [-0.15, -0.1) is 0 Å². The third-order valence-electron chi connectivity index (χ3n) is 7.10. The number of rotatable bonds is 6. The van der Waals surface area contributed by atoms with E-state index in [4.69, 9.17) is 28.5 Å². The first-order chi connectivity index (χ1) is 19.3. The van der Waals surface area contributed by atoms with Crippen LogP contribution in [0.3, 0.4) is 0 Å². The summed E-state index contributed by atoms with van der Waals surface area (Å²) in [6, 6.07) is 40.2. The molecule has 0 saturated carbocycles.